The molecule has 0 amide bonds. The van der Waals surface area contributed by atoms with Crippen LogP contribution in [0.4, 0.5) is 0 Å². The van der Waals surface area contributed by atoms with Crippen LogP contribution in [0.2, 0.25) is 0 Å². The Bertz CT molecular complexity index is 383. The summed E-state index contributed by atoms with van der Waals surface area (Å²) in [5, 5.41) is 14.1. The molecule has 5 nitrogen and oxygen atoms in total. The summed E-state index contributed by atoms with van der Waals surface area (Å²) in [6, 6.07) is 0. The van der Waals surface area contributed by atoms with Crippen LogP contribution in [0.5, 0.6) is 0 Å². The first-order valence-electron chi connectivity index (χ1n) is 3.34. The molecule has 0 spiro atoms. The molecule has 0 aliphatic heterocycles. The number of halogens is 1. The zero-order valence-corrected chi connectivity index (χ0v) is 8.14. The lowest BCUT2D eigenvalue weighted by Gasteiger charge is -2.23. The summed E-state index contributed by atoms with van der Waals surface area (Å²) in [5.41, 5.74) is 3.59. The molecule has 1 atom stereocenters. The number of primary sulfonamides is 1. The van der Waals surface area contributed by atoms with Gasteiger partial charge in [0.1, 0.15) is 5.72 Å². The Balaban J connectivity index is 3.18. The minimum Gasteiger partial charge on any atom is -0.372 e. The van der Waals surface area contributed by atoms with E-state index in [-0.39, 0.29) is 16.4 Å². The first-order valence-corrected chi connectivity index (χ1v) is 5.27. The molecule has 0 bridgehead atoms. The van der Waals surface area contributed by atoms with Gasteiger partial charge in [-0.3, -0.25) is 5.73 Å². The number of allylic oxidation sites excluding steroid dienone is 2. The van der Waals surface area contributed by atoms with Gasteiger partial charge < -0.3 is 5.11 Å². The fourth-order valence-electron chi connectivity index (χ4n) is 0.947. The maximum atomic E-state index is 10.9. The smallest absolute Gasteiger partial charge is 0.235 e. The van der Waals surface area contributed by atoms with Crippen molar-refractivity contribution in [3.63, 3.8) is 0 Å². The Hall–Kier alpha value is -0.400. The minimum absolute atomic E-state index is 0.0161. The van der Waals surface area contributed by atoms with Gasteiger partial charge in [0.15, 0.2) is 0 Å². The second-order valence-corrected chi connectivity index (χ2v) is 4.81. The van der Waals surface area contributed by atoms with Crippen molar-refractivity contribution >= 4 is 21.6 Å². The molecule has 0 radical (unpaired) electrons. The number of hydrogen-bond acceptors (Lipinski definition) is 4. The van der Waals surface area contributed by atoms with E-state index >= 15 is 0 Å². The summed E-state index contributed by atoms with van der Waals surface area (Å²) in [5.74, 6) is 0. The largest absolute Gasteiger partial charge is 0.372 e. The summed E-state index contributed by atoms with van der Waals surface area (Å²) >= 11 is 5.56. The van der Waals surface area contributed by atoms with Gasteiger partial charge in [-0.05, 0) is 12.2 Å². The first-order chi connectivity index (χ1) is 5.72. The van der Waals surface area contributed by atoms with Crippen molar-refractivity contribution < 1.29 is 13.5 Å². The summed E-state index contributed by atoms with van der Waals surface area (Å²) in [6.45, 7) is 0. The molecule has 0 aromatic rings. The summed E-state index contributed by atoms with van der Waals surface area (Å²) in [4.78, 5) is -0.248. The normalized spacial score (nSPS) is 29.5. The summed E-state index contributed by atoms with van der Waals surface area (Å²) < 4.78 is 21.8. The monoisotopic (exact) mass is 224 g/mol. The molecule has 0 saturated heterocycles. The van der Waals surface area contributed by atoms with E-state index < -0.39 is 15.7 Å². The Labute approximate surface area is 80.7 Å². The third-order valence-corrected chi connectivity index (χ3v) is 3.09. The Morgan fingerprint density at radius 3 is 2.54 bits per heavy atom. The fourth-order valence-corrected chi connectivity index (χ4v) is 2.17. The Kier molecular flexibility index (Phi) is 2.52. The molecule has 0 heterocycles. The van der Waals surface area contributed by atoms with Gasteiger partial charge in [-0.15, -0.1) is 0 Å². The first kappa shape index (κ1) is 10.7. The average Bonchev–Trinajstić information content (AvgIpc) is 1.92. The molecule has 5 N–H and O–H groups in total. The van der Waals surface area contributed by atoms with Crippen LogP contribution in [-0.2, 0) is 10.0 Å². The lowest BCUT2D eigenvalue weighted by molar-refractivity contribution is 0.0990. The van der Waals surface area contributed by atoms with Crippen molar-refractivity contribution in [2.75, 3.05) is 0 Å². The SMILES string of the molecule is NC1(O)C=CC(Cl)=C(S(N)(=O)=O)C1. The van der Waals surface area contributed by atoms with Gasteiger partial charge >= 0.3 is 0 Å². The number of hydrogen-bond donors (Lipinski definition) is 3. The molecule has 0 saturated carbocycles. The van der Waals surface area contributed by atoms with E-state index in [0.717, 1.165) is 0 Å². The molecule has 1 aliphatic rings. The number of nitrogens with two attached hydrogens (primary N) is 2. The molecule has 0 fully saturated rings. The van der Waals surface area contributed by atoms with Crippen molar-refractivity contribution in [1.82, 2.24) is 0 Å². The Morgan fingerprint density at radius 1 is 1.62 bits per heavy atom. The van der Waals surface area contributed by atoms with Crippen LogP contribution in [0.25, 0.3) is 0 Å². The van der Waals surface area contributed by atoms with Gasteiger partial charge in [0, 0.05) is 6.42 Å². The summed E-state index contributed by atoms with van der Waals surface area (Å²) in [7, 11) is -3.89. The highest BCUT2D eigenvalue weighted by atomic mass is 35.5. The van der Waals surface area contributed by atoms with Gasteiger partial charge in [-0.25, -0.2) is 13.6 Å². The summed E-state index contributed by atoms with van der Waals surface area (Å²) in [6.07, 6.45) is 2.12. The van der Waals surface area contributed by atoms with Crippen molar-refractivity contribution in [1.29, 1.82) is 0 Å². The van der Waals surface area contributed by atoms with Crippen LogP contribution in [0.3, 0.4) is 0 Å². The third-order valence-electron chi connectivity index (χ3n) is 1.57. The highest BCUT2D eigenvalue weighted by molar-refractivity contribution is 7.93. The highest BCUT2D eigenvalue weighted by Gasteiger charge is 2.30. The molecule has 74 valence electrons. The van der Waals surface area contributed by atoms with E-state index in [1.807, 2.05) is 0 Å². The predicted molar refractivity (Wildman–Crippen MR) is 48.9 cm³/mol. The second-order valence-electron chi connectivity index (χ2n) is 2.82. The quantitative estimate of drug-likeness (QED) is 0.514. The molecule has 1 aliphatic carbocycles. The Morgan fingerprint density at radius 2 is 2.15 bits per heavy atom. The maximum Gasteiger partial charge on any atom is 0.235 e. The molecular weight excluding hydrogens is 216 g/mol. The van der Waals surface area contributed by atoms with Crippen LogP contribution in [-0.4, -0.2) is 19.2 Å². The van der Waals surface area contributed by atoms with Crippen molar-refractivity contribution in [2.45, 2.75) is 12.1 Å². The van der Waals surface area contributed by atoms with Crippen molar-refractivity contribution in [3.05, 3.63) is 22.1 Å². The highest BCUT2D eigenvalue weighted by Crippen LogP contribution is 2.28. The van der Waals surface area contributed by atoms with Crippen LogP contribution in [0.15, 0.2) is 22.1 Å². The van der Waals surface area contributed by atoms with Crippen molar-refractivity contribution in [3.8, 4) is 0 Å². The zero-order valence-electron chi connectivity index (χ0n) is 6.57. The molecule has 0 aromatic heterocycles. The number of aliphatic hydroxyl groups is 1. The van der Waals surface area contributed by atoms with E-state index in [1.165, 1.54) is 12.2 Å². The van der Waals surface area contributed by atoms with E-state index in [9.17, 15) is 13.5 Å². The maximum absolute atomic E-state index is 10.9. The van der Waals surface area contributed by atoms with E-state index in [4.69, 9.17) is 22.5 Å². The van der Waals surface area contributed by atoms with Crippen LogP contribution < -0.4 is 10.9 Å². The van der Waals surface area contributed by atoms with Gasteiger partial charge in [0.2, 0.25) is 10.0 Å². The second kappa shape index (κ2) is 3.07. The van der Waals surface area contributed by atoms with Crippen LogP contribution in [0.1, 0.15) is 6.42 Å². The van der Waals surface area contributed by atoms with E-state index in [1.54, 1.807) is 0 Å². The fraction of sp³-hybridized carbons (Fsp3) is 0.333. The lowest BCUT2D eigenvalue weighted by atomic mass is 10.1. The molecule has 7 heteroatoms. The van der Waals surface area contributed by atoms with Gasteiger partial charge in [0.25, 0.3) is 0 Å². The lowest BCUT2D eigenvalue weighted by Crippen LogP contribution is -2.40. The minimum atomic E-state index is -3.89. The predicted octanol–water partition coefficient (Wildman–Crippen LogP) is -0.667. The standard InChI is InChI=1S/C6H9ClN2O3S/c7-4-1-2-6(8,10)3-5(4)13(9,11)12/h1-2,10H,3,8H2,(H2,9,11,12). The van der Waals surface area contributed by atoms with Crippen molar-refractivity contribution in [2.24, 2.45) is 10.9 Å². The molecule has 13 heavy (non-hydrogen) atoms. The van der Waals surface area contributed by atoms with E-state index in [0.29, 0.717) is 0 Å². The van der Waals surface area contributed by atoms with Crippen LogP contribution in [0, 0.1) is 0 Å². The van der Waals surface area contributed by atoms with Gasteiger partial charge in [0.05, 0.1) is 9.94 Å². The zero-order chi connectivity index (χ0) is 10.3. The van der Waals surface area contributed by atoms with Crippen LogP contribution >= 0.6 is 11.6 Å². The average molecular weight is 225 g/mol. The molecular formula is C6H9ClN2O3S. The van der Waals surface area contributed by atoms with E-state index in [2.05, 4.69) is 0 Å². The van der Waals surface area contributed by atoms with Gasteiger partial charge in [-0.2, -0.15) is 0 Å². The van der Waals surface area contributed by atoms with Gasteiger partial charge in [-0.1, -0.05) is 11.6 Å². The molecule has 1 unspecified atom stereocenters. The number of sulfonamides is 1. The molecule has 0 aromatic carbocycles. The number of rotatable bonds is 1. The molecule has 1 rings (SSSR count). The topological polar surface area (TPSA) is 106 Å². The third kappa shape index (κ3) is 2.52.